The molecule has 3 aromatic rings. The number of rotatable bonds is 2. The summed E-state index contributed by atoms with van der Waals surface area (Å²) in [6.07, 6.45) is -4.99. The van der Waals surface area contributed by atoms with Gasteiger partial charge in [-0.15, -0.1) is 0 Å². The Balaban J connectivity index is 2.47. The summed E-state index contributed by atoms with van der Waals surface area (Å²) in [5.41, 5.74) is -5.61. The molecule has 1 N–H and O–H groups in total. The molecule has 0 spiro atoms. The third-order valence-electron chi connectivity index (χ3n) is 3.73. The summed E-state index contributed by atoms with van der Waals surface area (Å²) in [7, 11) is 0.754. The van der Waals surface area contributed by atoms with Crippen molar-refractivity contribution in [1.82, 2.24) is 9.13 Å². The van der Waals surface area contributed by atoms with Gasteiger partial charge in [0.15, 0.2) is 5.58 Å². The molecule has 0 radical (unpaired) electrons. The fraction of sp³-hybridized carbons (Fsp3) is 0.133. The van der Waals surface area contributed by atoms with Crippen LogP contribution in [0.4, 0.5) is 17.6 Å². The van der Waals surface area contributed by atoms with Crippen LogP contribution >= 0.6 is 11.6 Å². The van der Waals surface area contributed by atoms with Gasteiger partial charge in [-0.05, 0) is 6.07 Å². The predicted molar refractivity (Wildman–Crippen MR) is 84.0 cm³/mol. The summed E-state index contributed by atoms with van der Waals surface area (Å²) in [5.74, 6) is -3.44. The van der Waals surface area contributed by atoms with Crippen LogP contribution in [0.25, 0.3) is 16.7 Å². The number of carboxylic acids is 1. The van der Waals surface area contributed by atoms with Gasteiger partial charge in [-0.2, -0.15) is 13.2 Å². The number of aromatic nitrogens is 2. The number of hydrogen-bond acceptors (Lipinski definition) is 4. The fourth-order valence-electron chi connectivity index (χ4n) is 2.55. The van der Waals surface area contributed by atoms with E-state index in [1.807, 2.05) is 0 Å². The van der Waals surface area contributed by atoms with Crippen LogP contribution in [0.1, 0.15) is 16.2 Å². The van der Waals surface area contributed by atoms with Crippen molar-refractivity contribution < 1.29 is 31.9 Å². The second-order valence-electron chi connectivity index (χ2n) is 5.39. The zero-order valence-corrected chi connectivity index (χ0v) is 13.9. The lowest BCUT2D eigenvalue weighted by molar-refractivity contribution is -0.144. The Morgan fingerprint density at radius 2 is 1.85 bits per heavy atom. The van der Waals surface area contributed by atoms with Gasteiger partial charge in [-0.1, -0.05) is 11.6 Å². The van der Waals surface area contributed by atoms with Crippen LogP contribution in [0.5, 0.6) is 0 Å². The molecule has 0 aliphatic carbocycles. The first-order valence-electron chi connectivity index (χ1n) is 6.99. The first-order chi connectivity index (χ1) is 12.4. The van der Waals surface area contributed by atoms with Crippen molar-refractivity contribution in [2.24, 2.45) is 7.05 Å². The molecule has 2 heterocycles. The minimum absolute atomic E-state index is 0.124. The fourth-order valence-corrected chi connectivity index (χ4v) is 2.79. The number of halogens is 5. The summed E-state index contributed by atoms with van der Waals surface area (Å²) in [6, 6.07) is 1.59. The van der Waals surface area contributed by atoms with Gasteiger partial charge in [-0.25, -0.2) is 18.5 Å². The van der Waals surface area contributed by atoms with Crippen molar-refractivity contribution in [3.63, 3.8) is 0 Å². The SMILES string of the molecule is Cn1c(C(F)(F)F)cc(=O)n(-c2c(F)cc(Cl)c3oc(C(=O)O)cc23)c1=O. The Hall–Kier alpha value is -3.08. The number of carboxylic acid groups (broad SMARTS) is 1. The molecule has 1 aromatic carbocycles. The molecule has 0 unspecified atom stereocenters. The van der Waals surface area contributed by atoms with Crippen LogP contribution in [0.3, 0.4) is 0 Å². The molecule has 0 saturated heterocycles. The number of furan rings is 1. The molecule has 0 bridgehead atoms. The van der Waals surface area contributed by atoms with Crippen molar-refractivity contribution in [2.75, 3.05) is 0 Å². The van der Waals surface area contributed by atoms with E-state index in [2.05, 4.69) is 0 Å². The van der Waals surface area contributed by atoms with Crippen LogP contribution in [0, 0.1) is 5.82 Å². The van der Waals surface area contributed by atoms with E-state index >= 15 is 0 Å². The number of fused-ring (bicyclic) bond motifs is 1. The number of hydrogen-bond donors (Lipinski definition) is 1. The van der Waals surface area contributed by atoms with Crippen molar-refractivity contribution in [2.45, 2.75) is 6.18 Å². The Kier molecular flexibility index (Phi) is 4.14. The maximum absolute atomic E-state index is 14.5. The molecule has 0 aliphatic heterocycles. The van der Waals surface area contributed by atoms with Crippen LogP contribution in [0.2, 0.25) is 5.02 Å². The average molecular weight is 407 g/mol. The van der Waals surface area contributed by atoms with Gasteiger partial charge in [0.05, 0.1) is 10.4 Å². The average Bonchev–Trinajstić information content (AvgIpc) is 2.98. The largest absolute Gasteiger partial charge is 0.475 e. The minimum Gasteiger partial charge on any atom is -0.475 e. The molecule has 0 atom stereocenters. The minimum atomic E-state index is -4.99. The van der Waals surface area contributed by atoms with E-state index in [0.717, 1.165) is 13.1 Å². The highest BCUT2D eigenvalue weighted by Gasteiger charge is 2.35. The van der Waals surface area contributed by atoms with Crippen LogP contribution in [-0.2, 0) is 13.2 Å². The van der Waals surface area contributed by atoms with Crippen LogP contribution in [-0.4, -0.2) is 20.2 Å². The topological polar surface area (TPSA) is 94.4 Å². The highest BCUT2D eigenvalue weighted by Crippen LogP contribution is 2.33. The van der Waals surface area contributed by atoms with Gasteiger partial charge in [-0.3, -0.25) is 9.36 Å². The number of carbonyl (C=O) groups is 1. The molecule has 3 rings (SSSR count). The molecule has 142 valence electrons. The standard InChI is InChI=1S/C15H7ClF4N2O5/c1-21-9(15(18,19)20)4-10(23)22(14(21)26)11-5-2-8(13(24)25)27-12(5)6(16)3-7(11)17/h2-4H,1H3,(H,24,25). The monoisotopic (exact) mass is 406 g/mol. The third-order valence-corrected chi connectivity index (χ3v) is 4.01. The molecule has 12 heteroatoms. The zero-order chi connectivity index (χ0) is 20.3. The van der Waals surface area contributed by atoms with Crippen molar-refractivity contribution in [1.29, 1.82) is 0 Å². The Morgan fingerprint density at radius 1 is 1.22 bits per heavy atom. The molecular weight excluding hydrogens is 400 g/mol. The Labute approximate surface area is 150 Å². The van der Waals surface area contributed by atoms with E-state index in [1.165, 1.54) is 0 Å². The summed E-state index contributed by atoms with van der Waals surface area (Å²) < 4.78 is 58.6. The smallest absolute Gasteiger partial charge is 0.431 e. The van der Waals surface area contributed by atoms with Gasteiger partial charge in [0.1, 0.15) is 17.2 Å². The molecular formula is C15H7ClF4N2O5. The molecule has 0 fully saturated rings. The van der Waals surface area contributed by atoms with Gasteiger partial charge < -0.3 is 9.52 Å². The maximum atomic E-state index is 14.5. The van der Waals surface area contributed by atoms with E-state index in [-0.39, 0.29) is 31.2 Å². The first kappa shape index (κ1) is 18.7. The summed E-state index contributed by atoms with van der Waals surface area (Å²) in [5, 5.41) is 8.28. The number of benzene rings is 1. The van der Waals surface area contributed by atoms with Gasteiger partial charge >= 0.3 is 17.8 Å². The van der Waals surface area contributed by atoms with Crippen molar-refractivity contribution in [3.8, 4) is 5.69 Å². The summed E-state index contributed by atoms with van der Waals surface area (Å²) in [6.45, 7) is 0. The summed E-state index contributed by atoms with van der Waals surface area (Å²) >= 11 is 5.79. The van der Waals surface area contributed by atoms with Gasteiger partial charge in [0, 0.05) is 19.2 Å². The lowest BCUT2D eigenvalue weighted by atomic mass is 10.2. The normalized spacial score (nSPS) is 11.9. The van der Waals surface area contributed by atoms with E-state index in [1.54, 1.807) is 0 Å². The highest BCUT2D eigenvalue weighted by molar-refractivity contribution is 6.35. The third kappa shape index (κ3) is 2.89. The second kappa shape index (κ2) is 5.98. The molecule has 0 amide bonds. The molecule has 0 saturated carbocycles. The van der Waals surface area contributed by atoms with E-state index in [9.17, 15) is 31.9 Å². The Bertz CT molecular complexity index is 1220. The molecule has 27 heavy (non-hydrogen) atoms. The van der Waals surface area contributed by atoms with Gasteiger partial charge in [0.25, 0.3) is 5.56 Å². The molecule has 0 aliphatic rings. The van der Waals surface area contributed by atoms with Gasteiger partial charge in [0.2, 0.25) is 5.76 Å². The van der Waals surface area contributed by atoms with E-state index < -0.39 is 46.4 Å². The molecule has 2 aromatic heterocycles. The highest BCUT2D eigenvalue weighted by atomic mass is 35.5. The summed E-state index contributed by atoms with van der Waals surface area (Å²) in [4.78, 5) is 35.6. The number of nitrogens with zero attached hydrogens (tertiary/aromatic N) is 2. The number of alkyl halides is 3. The van der Waals surface area contributed by atoms with Crippen LogP contribution < -0.4 is 11.2 Å². The van der Waals surface area contributed by atoms with E-state index in [4.69, 9.17) is 21.1 Å². The maximum Gasteiger partial charge on any atom is 0.431 e. The second-order valence-corrected chi connectivity index (χ2v) is 5.80. The van der Waals surface area contributed by atoms with Crippen LogP contribution in [0.15, 0.2) is 32.2 Å². The first-order valence-corrected chi connectivity index (χ1v) is 7.36. The van der Waals surface area contributed by atoms with E-state index in [0.29, 0.717) is 6.07 Å². The lowest BCUT2D eigenvalue weighted by Crippen LogP contribution is -2.41. The zero-order valence-electron chi connectivity index (χ0n) is 13.1. The number of aromatic carboxylic acids is 1. The molecule has 7 nitrogen and oxygen atoms in total. The predicted octanol–water partition coefficient (Wildman–Crippen LogP) is 2.79. The quantitative estimate of drug-likeness (QED) is 0.660. The van der Waals surface area contributed by atoms with Crippen molar-refractivity contribution >= 4 is 28.5 Å². The van der Waals surface area contributed by atoms with Crippen molar-refractivity contribution in [3.05, 3.63) is 61.3 Å². The Morgan fingerprint density at radius 3 is 2.41 bits per heavy atom. The lowest BCUT2D eigenvalue weighted by Gasteiger charge is -2.14.